The molecule has 4 rings (SSSR count). The number of aryl methyl sites for hydroxylation is 1. The first-order valence-corrected chi connectivity index (χ1v) is 9.56. The number of nitrogens with one attached hydrogen (secondary N) is 4. The fraction of sp³-hybridized carbons (Fsp3) is 0.0909. The number of hydrogen-bond acceptors (Lipinski definition) is 6. The molecular weight excluding hydrogens is 397 g/mol. The fourth-order valence-electron chi connectivity index (χ4n) is 2.92. The second-order valence-corrected chi connectivity index (χ2v) is 6.88. The molecule has 0 saturated heterocycles. The van der Waals surface area contributed by atoms with Crippen LogP contribution < -0.4 is 16.0 Å². The maximum Gasteiger partial charge on any atom is 0.228 e. The molecule has 0 aliphatic heterocycles. The number of carbonyl (C=O) groups is 1. The summed E-state index contributed by atoms with van der Waals surface area (Å²) >= 11 is 0. The molecule has 2 aromatic carbocycles. The average molecular weight is 417 g/mol. The number of benzene rings is 2. The summed E-state index contributed by atoms with van der Waals surface area (Å²) in [6, 6.07) is 15.5. The van der Waals surface area contributed by atoms with Gasteiger partial charge in [0.15, 0.2) is 17.5 Å². The molecule has 8 nitrogen and oxygen atoms in total. The fourth-order valence-corrected chi connectivity index (χ4v) is 2.92. The Morgan fingerprint density at radius 1 is 1.00 bits per heavy atom. The summed E-state index contributed by atoms with van der Waals surface area (Å²) < 4.78 is 14.2. The van der Waals surface area contributed by atoms with E-state index >= 15 is 0 Å². The van der Waals surface area contributed by atoms with Gasteiger partial charge in [-0.1, -0.05) is 30.3 Å². The van der Waals surface area contributed by atoms with Gasteiger partial charge in [0, 0.05) is 17.4 Å². The molecule has 4 aromatic rings. The third kappa shape index (κ3) is 5.41. The zero-order valence-electron chi connectivity index (χ0n) is 16.7. The van der Waals surface area contributed by atoms with Crippen molar-refractivity contribution in [3.63, 3.8) is 0 Å². The molecule has 2 heterocycles. The van der Waals surface area contributed by atoms with E-state index < -0.39 is 5.82 Å². The minimum absolute atomic E-state index is 0.0835. The monoisotopic (exact) mass is 417 g/mol. The minimum atomic E-state index is -0.526. The summed E-state index contributed by atoms with van der Waals surface area (Å²) in [6.45, 7) is 1.90. The van der Waals surface area contributed by atoms with E-state index in [2.05, 4.69) is 36.1 Å². The van der Waals surface area contributed by atoms with Crippen LogP contribution in [0, 0.1) is 12.7 Å². The van der Waals surface area contributed by atoms with Crippen LogP contribution in [0.2, 0.25) is 0 Å². The topological polar surface area (TPSA) is 108 Å². The molecular formula is C22H20FN7O. The summed E-state index contributed by atoms with van der Waals surface area (Å²) in [7, 11) is 0. The average Bonchev–Trinajstić information content (AvgIpc) is 3.16. The van der Waals surface area contributed by atoms with Crippen molar-refractivity contribution in [3.8, 4) is 0 Å². The van der Waals surface area contributed by atoms with Gasteiger partial charge in [-0.05, 0) is 30.7 Å². The predicted octanol–water partition coefficient (Wildman–Crippen LogP) is 4.32. The molecule has 0 aliphatic carbocycles. The molecule has 0 saturated carbocycles. The highest BCUT2D eigenvalue weighted by Gasteiger charge is 2.10. The molecule has 31 heavy (non-hydrogen) atoms. The lowest BCUT2D eigenvalue weighted by Gasteiger charge is -2.11. The van der Waals surface area contributed by atoms with Crippen LogP contribution in [0.25, 0.3) is 0 Å². The van der Waals surface area contributed by atoms with Gasteiger partial charge in [0.05, 0.1) is 24.5 Å². The van der Waals surface area contributed by atoms with Gasteiger partial charge in [-0.15, -0.1) is 0 Å². The van der Waals surface area contributed by atoms with Crippen molar-refractivity contribution < 1.29 is 9.18 Å². The van der Waals surface area contributed by atoms with Crippen molar-refractivity contribution in [1.82, 2.24) is 20.2 Å². The summed E-state index contributed by atoms with van der Waals surface area (Å²) in [6.07, 6.45) is 3.26. The second kappa shape index (κ2) is 9.04. The molecule has 1 amide bonds. The number of amides is 1. The first kappa shape index (κ1) is 20.0. The third-order valence-electron chi connectivity index (χ3n) is 4.32. The number of carbonyl (C=O) groups excluding carboxylic acids is 1. The highest BCUT2D eigenvalue weighted by Crippen LogP contribution is 2.23. The summed E-state index contributed by atoms with van der Waals surface area (Å²) in [4.78, 5) is 20.9. The van der Waals surface area contributed by atoms with Gasteiger partial charge < -0.3 is 16.0 Å². The van der Waals surface area contributed by atoms with Gasteiger partial charge >= 0.3 is 0 Å². The molecule has 0 radical (unpaired) electrons. The van der Waals surface area contributed by atoms with E-state index in [0.29, 0.717) is 23.1 Å². The molecule has 0 atom stereocenters. The second-order valence-electron chi connectivity index (χ2n) is 6.88. The zero-order valence-corrected chi connectivity index (χ0v) is 16.7. The van der Waals surface area contributed by atoms with Crippen LogP contribution in [0.4, 0.5) is 33.2 Å². The van der Waals surface area contributed by atoms with Gasteiger partial charge in [0.2, 0.25) is 5.91 Å². The molecule has 0 unspecified atom stereocenters. The third-order valence-corrected chi connectivity index (χ3v) is 4.32. The summed E-state index contributed by atoms with van der Waals surface area (Å²) in [5, 5.41) is 15.7. The molecule has 0 bridgehead atoms. The maximum absolute atomic E-state index is 14.2. The van der Waals surface area contributed by atoms with Crippen molar-refractivity contribution in [2.75, 3.05) is 16.0 Å². The van der Waals surface area contributed by atoms with E-state index in [1.165, 1.54) is 18.3 Å². The molecule has 4 N–H and O–H groups in total. The van der Waals surface area contributed by atoms with E-state index in [9.17, 15) is 9.18 Å². The molecule has 0 fully saturated rings. The Balaban J connectivity index is 1.44. The largest absolute Gasteiger partial charge is 0.339 e. The number of hydrogen-bond donors (Lipinski definition) is 4. The first-order valence-electron chi connectivity index (χ1n) is 9.56. The number of nitrogens with zero attached hydrogens (tertiary/aromatic N) is 3. The molecule has 0 spiro atoms. The quantitative estimate of drug-likeness (QED) is 0.357. The number of aromatic amines is 1. The van der Waals surface area contributed by atoms with Gasteiger partial charge in [-0.2, -0.15) is 5.10 Å². The Morgan fingerprint density at radius 3 is 2.52 bits per heavy atom. The lowest BCUT2D eigenvalue weighted by Crippen LogP contribution is -2.15. The Kier molecular flexibility index (Phi) is 5.84. The lowest BCUT2D eigenvalue weighted by molar-refractivity contribution is -0.115. The standard InChI is InChI=1S/C22H20FN7O/c1-14-9-19(30-29-14)27-21-13-24-12-20(28-21)25-16-7-8-17(23)18(11-16)26-22(31)10-15-5-3-2-4-6-15/h2-9,11-13H,10H2,1H3,(H,26,31)(H3,25,27,28,29,30). The Hall–Kier alpha value is -4.27. The molecule has 2 aromatic heterocycles. The summed E-state index contributed by atoms with van der Waals surface area (Å²) in [5.74, 6) is 0.736. The smallest absolute Gasteiger partial charge is 0.228 e. The van der Waals surface area contributed by atoms with Gasteiger partial charge in [0.25, 0.3) is 0 Å². The van der Waals surface area contributed by atoms with Crippen LogP contribution in [0.1, 0.15) is 11.3 Å². The van der Waals surface area contributed by atoms with Crippen LogP contribution in [0.3, 0.4) is 0 Å². The zero-order chi connectivity index (χ0) is 21.6. The molecule has 156 valence electrons. The van der Waals surface area contributed by atoms with Crippen molar-refractivity contribution in [2.45, 2.75) is 13.3 Å². The summed E-state index contributed by atoms with van der Waals surface area (Å²) in [5.41, 5.74) is 2.40. The van der Waals surface area contributed by atoms with E-state index in [1.54, 1.807) is 12.3 Å². The first-order chi connectivity index (χ1) is 15.0. The highest BCUT2D eigenvalue weighted by atomic mass is 19.1. The van der Waals surface area contributed by atoms with E-state index in [-0.39, 0.29) is 18.0 Å². The van der Waals surface area contributed by atoms with Crippen molar-refractivity contribution in [2.24, 2.45) is 0 Å². The van der Waals surface area contributed by atoms with Gasteiger partial charge in [-0.3, -0.25) is 14.9 Å². The van der Waals surface area contributed by atoms with E-state index in [1.807, 2.05) is 43.3 Å². The van der Waals surface area contributed by atoms with Crippen LogP contribution >= 0.6 is 0 Å². The van der Waals surface area contributed by atoms with Crippen LogP contribution in [0.15, 0.2) is 67.0 Å². The Bertz CT molecular complexity index is 1190. The minimum Gasteiger partial charge on any atom is -0.339 e. The normalized spacial score (nSPS) is 10.5. The number of rotatable bonds is 7. The van der Waals surface area contributed by atoms with Crippen molar-refractivity contribution in [1.29, 1.82) is 0 Å². The van der Waals surface area contributed by atoms with Crippen molar-refractivity contribution >= 4 is 34.7 Å². The SMILES string of the molecule is Cc1cc(Nc2cncc(Nc3ccc(F)c(NC(=O)Cc4ccccc4)c3)n2)n[nH]1. The van der Waals surface area contributed by atoms with E-state index in [4.69, 9.17) is 0 Å². The Labute approximate surface area is 178 Å². The number of H-pyrrole nitrogens is 1. The highest BCUT2D eigenvalue weighted by molar-refractivity contribution is 5.93. The molecule has 0 aliphatic rings. The number of halogens is 1. The van der Waals surface area contributed by atoms with Crippen LogP contribution in [0.5, 0.6) is 0 Å². The van der Waals surface area contributed by atoms with Crippen LogP contribution in [-0.2, 0) is 11.2 Å². The maximum atomic E-state index is 14.2. The van der Waals surface area contributed by atoms with E-state index in [0.717, 1.165) is 11.3 Å². The van der Waals surface area contributed by atoms with Crippen molar-refractivity contribution in [3.05, 3.63) is 84.1 Å². The van der Waals surface area contributed by atoms with Gasteiger partial charge in [0.1, 0.15) is 5.82 Å². The lowest BCUT2D eigenvalue weighted by atomic mass is 10.1. The number of anilines is 5. The van der Waals surface area contributed by atoms with Gasteiger partial charge in [-0.25, -0.2) is 9.37 Å². The van der Waals surface area contributed by atoms with Crippen LogP contribution in [-0.4, -0.2) is 26.1 Å². The number of aromatic nitrogens is 4. The molecule has 9 heteroatoms. The predicted molar refractivity (Wildman–Crippen MR) is 117 cm³/mol. The Morgan fingerprint density at radius 2 is 1.77 bits per heavy atom.